The van der Waals surface area contributed by atoms with E-state index in [4.69, 9.17) is 0 Å². The zero-order valence-corrected chi connectivity index (χ0v) is 12.9. The van der Waals surface area contributed by atoms with Gasteiger partial charge >= 0.3 is 0 Å². The van der Waals surface area contributed by atoms with Crippen LogP contribution in [0.15, 0.2) is 4.47 Å². The lowest BCUT2D eigenvalue weighted by molar-refractivity contribution is 0.319. The highest BCUT2D eigenvalue weighted by Gasteiger charge is 2.22. The summed E-state index contributed by atoms with van der Waals surface area (Å²) in [4.78, 5) is 3.14. The van der Waals surface area contributed by atoms with E-state index in [0.29, 0.717) is 4.83 Å². The van der Waals surface area contributed by atoms with Crippen LogP contribution in [0.3, 0.4) is 0 Å². The van der Waals surface area contributed by atoms with Crippen LogP contribution >= 0.6 is 31.9 Å². The third-order valence-electron chi connectivity index (χ3n) is 3.04. The Hall–Kier alpha value is 0.130. The molecule has 0 bridgehead atoms. The lowest BCUT2D eigenvalue weighted by atomic mass is 10.3. The molecule has 1 aliphatic heterocycles. The molecule has 90 valence electrons. The van der Waals surface area contributed by atoms with E-state index in [1.807, 2.05) is 0 Å². The molecule has 1 saturated heterocycles. The number of aryl methyl sites for hydroxylation is 2. The van der Waals surface area contributed by atoms with Crippen LogP contribution in [0.1, 0.15) is 24.7 Å². The van der Waals surface area contributed by atoms with Crippen molar-refractivity contribution < 1.29 is 0 Å². The minimum Gasteiger partial charge on any atom is -0.296 e. The Labute approximate surface area is 113 Å². The molecule has 0 N–H and O–H groups in total. The normalized spacial score (nSPS) is 21.9. The smallest absolute Gasteiger partial charge is 0.0739 e. The van der Waals surface area contributed by atoms with Crippen molar-refractivity contribution >= 4 is 31.9 Å². The van der Waals surface area contributed by atoms with Gasteiger partial charge in [-0.05, 0) is 42.7 Å². The van der Waals surface area contributed by atoms with Crippen LogP contribution in [0.4, 0.5) is 0 Å². The Morgan fingerprint density at radius 2 is 2.25 bits per heavy atom. The number of likely N-dealkylation sites (tertiary alicyclic amines) is 1. The zero-order chi connectivity index (χ0) is 11.7. The zero-order valence-electron chi connectivity index (χ0n) is 9.71. The Morgan fingerprint density at radius 1 is 1.50 bits per heavy atom. The summed E-state index contributed by atoms with van der Waals surface area (Å²) in [6, 6.07) is 0. The minimum atomic E-state index is 0.658. The molecule has 0 aliphatic carbocycles. The Kier molecular flexibility index (Phi) is 4.08. The molecule has 0 saturated carbocycles. The summed E-state index contributed by atoms with van der Waals surface area (Å²) in [6.45, 7) is 8.44. The van der Waals surface area contributed by atoms with Crippen molar-refractivity contribution in [2.24, 2.45) is 0 Å². The highest BCUT2D eigenvalue weighted by atomic mass is 79.9. The van der Waals surface area contributed by atoms with Crippen LogP contribution in [0.2, 0.25) is 0 Å². The quantitative estimate of drug-likeness (QED) is 0.781. The Bertz CT molecular complexity index is 376. The minimum absolute atomic E-state index is 0.658. The van der Waals surface area contributed by atoms with Crippen molar-refractivity contribution in [3.8, 4) is 0 Å². The molecule has 0 radical (unpaired) electrons. The molecule has 1 aromatic heterocycles. The van der Waals surface area contributed by atoms with Crippen LogP contribution in [0, 0.1) is 6.92 Å². The van der Waals surface area contributed by atoms with E-state index in [0.717, 1.165) is 25.3 Å². The number of aromatic nitrogens is 2. The molecule has 16 heavy (non-hydrogen) atoms. The average molecular weight is 351 g/mol. The number of nitrogens with zero attached hydrogens (tertiary/aromatic N) is 3. The highest BCUT2D eigenvalue weighted by molar-refractivity contribution is 9.10. The van der Waals surface area contributed by atoms with Crippen LogP contribution in [-0.4, -0.2) is 32.6 Å². The number of hydrogen-bond donors (Lipinski definition) is 0. The van der Waals surface area contributed by atoms with Gasteiger partial charge in [0.25, 0.3) is 0 Å². The molecule has 2 rings (SSSR count). The highest BCUT2D eigenvalue weighted by Crippen LogP contribution is 2.25. The van der Waals surface area contributed by atoms with Crippen molar-refractivity contribution in [2.75, 3.05) is 13.1 Å². The molecule has 1 fully saturated rings. The van der Waals surface area contributed by atoms with Crippen molar-refractivity contribution in [2.45, 2.75) is 38.2 Å². The molecule has 2 heterocycles. The van der Waals surface area contributed by atoms with Gasteiger partial charge in [-0.15, -0.1) is 0 Å². The van der Waals surface area contributed by atoms with Gasteiger partial charge in [0, 0.05) is 24.5 Å². The summed E-state index contributed by atoms with van der Waals surface area (Å²) in [5, 5.41) is 4.52. The topological polar surface area (TPSA) is 21.1 Å². The maximum atomic E-state index is 4.52. The predicted octanol–water partition coefficient (Wildman–Crippen LogP) is 2.94. The summed E-state index contributed by atoms with van der Waals surface area (Å²) < 4.78 is 3.27. The van der Waals surface area contributed by atoms with Gasteiger partial charge in [0.05, 0.1) is 15.9 Å². The third kappa shape index (κ3) is 2.51. The fourth-order valence-electron chi connectivity index (χ4n) is 2.16. The Morgan fingerprint density at radius 3 is 2.81 bits per heavy atom. The van der Waals surface area contributed by atoms with E-state index in [-0.39, 0.29) is 0 Å². The molecule has 1 unspecified atom stereocenters. The summed E-state index contributed by atoms with van der Waals surface area (Å²) in [6.07, 6.45) is 1.25. The summed E-state index contributed by atoms with van der Waals surface area (Å²) >= 11 is 7.32. The van der Waals surface area contributed by atoms with E-state index in [1.165, 1.54) is 23.1 Å². The summed E-state index contributed by atoms with van der Waals surface area (Å²) in [5.74, 6) is 0. The second kappa shape index (κ2) is 5.19. The molecule has 1 aliphatic rings. The first-order valence-corrected chi connectivity index (χ1v) is 7.41. The Balaban J connectivity index is 2.14. The monoisotopic (exact) mass is 349 g/mol. The van der Waals surface area contributed by atoms with Crippen molar-refractivity contribution in [1.82, 2.24) is 14.7 Å². The summed E-state index contributed by atoms with van der Waals surface area (Å²) in [7, 11) is 0. The molecule has 1 aromatic rings. The summed E-state index contributed by atoms with van der Waals surface area (Å²) in [5.41, 5.74) is 2.40. The van der Waals surface area contributed by atoms with Gasteiger partial charge in [0.1, 0.15) is 0 Å². The van der Waals surface area contributed by atoms with E-state index in [1.54, 1.807) is 0 Å². The first-order chi connectivity index (χ1) is 7.61. The third-order valence-corrected chi connectivity index (χ3v) is 4.82. The molecule has 3 nitrogen and oxygen atoms in total. The van der Waals surface area contributed by atoms with Crippen LogP contribution in [-0.2, 0) is 13.1 Å². The van der Waals surface area contributed by atoms with E-state index < -0.39 is 0 Å². The number of rotatable bonds is 3. The van der Waals surface area contributed by atoms with Crippen molar-refractivity contribution in [1.29, 1.82) is 0 Å². The fourth-order valence-corrected chi connectivity index (χ4v) is 3.18. The molecule has 0 amide bonds. The SMILES string of the molecule is CCn1nc(C)c(Br)c1CN1CCC(Br)C1. The van der Waals surface area contributed by atoms with E-state index >= 15 is 0 Å². The van der Waals surface area contributed by atoms with Gasteiger partial charge in [-0.3, -0.25) is 9.58 Å². The number of hydrogen-bond acceptors (Lipinski definition) is 2. The van der Waals surface area contributed by atoms with Gasteiger partial charge < -0.3 is 0 Å². The maximum Gasteiger partial charge on any atom is 0.0739 e. The standard InChI is InChI=1S/C11H17Br2N3/c1-3-16-10(11(13)8(2)14-16)7-15-5-4-9(12)6-15/h9H,3-7H2,1-2H3. The lowest BCUT2D eigenvalue weighted by Gasteiger charge is -2.16. The van der Waals surface area contributed by atoms with E-state index in [2.05, 4.69) is 60.4 Å². The largest absolute Gasteiger partial charge is 0.296 e. The molecule has 1 atom stereocenters. The second-order valence-electron chi connectivity index (χ2n) is 4.28. The number of halogens is 2. The maximum absolute atomic E-state index is 4.52. The molecule has 0 spiro atoms. The van der Waals surface area contributed by atoms with Crippen molar-refractivity contribution in [3.05, 3.63) is 15.9 Å². The van der Waals surface area contributed by atoms with Gasteiger partial charge in [0.15, 0.2) is 0 Å². The van der Waals surface area contributed by atoms with Gasteiger partial charge in [0.2, 0.25) is 0 Å². The predicted molar refractivity (Wildman–Crippen MR) is 72.9 cm³/mol. The molecular weight excluding hydrogens is 334 g/mol. The van der Waals surface area contributed by atoms with Gasteiger partial charge in [-0.1, -0.05) is 15.9 Å². The van der Waals surface area contributed by atoms with Gasteiger partial charge in [-0.25, -0.2) is 0 Å². The first kappa shape index (κ1) is 12.6. The first-order valence-electron chi connectivity index (χ1n) is 5.70. The van der Waals surface area contributed by atoms with Crippen LogP contribution in [0.25, 0.3) is 0 Å². The fraction of sp³-hybridized carbons (Fsp3) is 0.727. The lowest BCUT2D eigenvalue weighted by Crippen LogP contribution is -2.22. The second-order valence-corrected chi connectivity index (χ2v) is 6.37. The average Bonchev–Trinajstić information content (AvgIpc) is 2.77. The van der Waals surface area contributed by atoms with Gasteiger partial charge in [-0.2, -0.15) is 5.10 Å². The molecular formula is C11H17Br2N3. The van der Waals surface area contributed by atoms with Crippen molar-refractivity contribution in [3.63, 3.8) is 0 Å². The molecule has 5 heteroatoms. The molecule has 0 aromatic carbocycles. The van der Waals surface area contributed by atoms with E-state index in [9.17, 15) is 0 Å². The van der Waals surface area contributed by atoms with Crippen LogP contribution in [0.5, 0.6) is 0 Å². The number of alkyl halides is 1. The van der Waals surface area contributed by atoms with Crippen LogP contribution < -0.4 is 0 Å².